The first-order chi connectivity index (χ1) is 11.4. The SMILES string of the molecule is COC(C)c1c(C2CC2)nc(C(C)C)c(O)c1-c1ccc(F)cc1. The van der Waals surface area contributed by atoms with E-state index in [1.807, 2.05) is 20.8 Å². The number of aromatic hydroxyl groups is 1. The van der Waals surface area contributed by atoms with Crippen LogP contribution in [0.2, 0.25) is 0 Å². The highest BCUT2D eigenvalue weighted by Crippen LogP contribution is 2.49. The molecule has 1 N–H and O–H groups in total. The van der Waals surface area contributed by atoms with Gasteiger partial charge in [0.15, 0.2) is 0 Å². The molecule has 0 amide bonds. The zero-order valence-corrected chi connectivity index (χ0v) is 14.6. The molecule has 2 aromatic rings. The third kappa shape index (κ3) is 3.03. The van der Waals surface area contributed by atoms with Gasteiger partial charge in [0, 0.05) is 24.2 Å². The number of nitrogens with zero attached hydrogens (tertiary/aromatic N) is 1. The first-order valence-electron chi connectivity index (χ1n) is 8.49. The molecular formula is C20H24FNO2. The van der Waals surface area contributed by atoms with Crippen LogP contribution >= 0.6 is 0 Å². The van der Waals surface area contributed by atoms with Crippen LogP contribution in [0.1, 0.15) is 68.5 Å². The summed E-state index contributed by atoms with van der Waals surface area (Å²) in [5.74, 6) is 0.420. The van der Waals surface area contributed by atoms with Crippen molar-refractivity contribution in [2.24, 2.45) is 0 Å². The smallest absolute Gasteiger partial charge is 0.145 e. The van der Waals surface area contributed by atoms with Crippen molar-refractivity contribution in [3.05, 3.63) is 47.0 Å². The number of hydrogen-bond acceptors (Lipinski definition) is 3. The van der Waals surface area contributed by atoms with Crippen LogP contribution in [0.15, 0.2) is 24.3 Å². The highest BCUT2D eigenvalue weighted by Gasteiger charge is 2.34. The Morgan fingerprint density at radius 2 is 1.79 bits per heavy atom. The number of pyridine rings is 1. The summed E-state index contributed by atoms with van der Waals surface area (Å²) in [7, 11) is 1.66. The van der Waals surface area contributed by atoms with Gasteiger partial charge in [-0.2, -0.15) is 0 Å². The number of methoxy groups -OCH3 is 1. The lowest BCUT2D eigenvalue weighted by Gasteiger charge is -2.23. The minimum Gasteiger partial charge on any atom is -0.505 e. The van der Waals surface area contributed by atoms with Gasteiger partial charge in [0.05, 0.1) is 17.5 Å². The van der Waals surface area contributed by atoms with Crippen molar-refractivity contribution in [2.45, 2.75) is 51.6 Å². The van der Waals surface area contributed by atoms with Crippen molar-refractivity contribution in [1.29, 1.82) is 0 Å². The highest BCUT2D eigenvalue weighted by molar-refractivity contribution is 5.76. The predicted octanol–water partition coefficient (Wildman–Crippen LogP) is 5.30. The molecule has 3 rings (SSSR count). The Labute approximate surface area is 142 Å². The summed E-state index contributed by atoms with van der Waals surface area (Å²) >= 11 is 0. The van der Waals surface area contributed by atoms with E-state index in [1.54, 1.807) is 19.2 Å². The monoisotopic (exact) mass is 329 g/mol. The number of hydrogen-bond donors (Lipinski definition) is 1. The molecule has 0 bridgehead atoms. The molecule has 1 aliphatic carbocycles. The summed E-state index contributed by atoms with van der Waals surface area (Å²) in [5.41, 5.74) is 4.16. The Balaban J connectivity index is 2.31. The Kier molecular flexibility index (Phi) is 4.59. The highest BCUT2D eigenvalue weighted by atomic mass is 19.1. The second-order valence-electron chi connectivity index (χ2n) is 6.83. The summed E-state index contributed by atoms with van der Waals surface area (Å²) in [6.45, 7) is 6.00. The fourth-order valence-electron chi connectivity index (χ4n) is 3.14. The van der Waals surface area contributed by atoms with Crippen LogP contribution in [0.25, 0.3) is 11.1 Å². The third-order valence-corrected chi connectivity index (χ3v) is 4.67. The van der Waals surface area contributed by atoms with Gasteiger partial charge in [-0.3, -0.25) is 4.98 Å². The second-order valence-corrected chi connectivity index (χ2v) is 6.83. The maximum Gasteiger partial charge on any atom is 0.145 e. The molecule has 4 heteroatoms. The molecule has 1 atom stereocenters. The fraction of sp³-hybridized carbons (Fsp3) is 0.450. The minimum absolute atomic E-state index is 0.105. The van der Waals surface area contributed by atoms with Crippen LogP contribution in [-0.4, -0.2) is 17.2 Å². The van der Waals surface area contributed by atoms with Crippen LogP contribution < -0.4 is 0 Å². The van der Waals surface area contributed by atoms with Gasteiger partial charge in [0.2, 0.25) is 0 Å². The molecule has 1 saturated carbocycles. The number of rotatable bonds is 5. The molecule has 0 aliphatic heterocycles. The molecule has 3 nitrogen and oxygen atoms in total. The number of halogens is 1. The maximum atomic E-state index is 13.4. The molecule has 0 radical (unpaired) electrons. The number of benzene rings is 1. The Bertz CT molecular complexity index is 736. The quantitative estimate of drug-likeness (QED) is 0.809. The molecule has 1 unspecified atom stereocenters. The zero-order chi connectivity index (χ0) is 17.4. The Morgan fingerprint density at radius 1 is 1.17 bits per heavy atom. The minimum atomic E-state index is -0.292. The summed E-state index contributed by atoms with van der Waals surface area (Å²) < 4.78 is 18.9. The van der Waals surface area contributed by atoms with E-state index in [0.717, 1.165) is 35.2 Å². The Morgan fingerprint density at radius 3 is 2.29 bits per heavy atom. The van der Waals surface area contributed by atoms with E-state index < -0.39 is 0 Å². The van der Waals surface area contributed by atoms with E-state index in [1.165, 1.54) is 12.1 Å². The topological polar surface area (TPSA) is 42.4 Å². The molecule has 0 spiro atoms. The van der Waals surface area contributed by atoms with E-state index in [2.05, 4.69) is 0 Å². The average Bonchev–Trinajstić information content (AvgIpc) is 3.39. The van der Waals surface area contributed by atoms with Gasteiger partial charge in [-0.15, -0.1) is 0 Å². The lowest BCUT2D eigenvalue weighted by Crippen LogP contribution is -2.09. The van der Waals surface area contributed by atoms with Crippen molar-refractivity contribution < 1.29 is 14.2 Å². The van der Waals surface area contributed by atoms with Gasteiger partial charge in [-0.1, -0.05) is 26.0 Å². The third-order valence-electron chi connectivity index (χ3n) is 4.67. The van der Waals surface area contributed by atoms with Crippen LogP contribution in [0, 0.1) is 5.82 Å². The molecular weight excluding hydrogens is 305 g/mol. The van der Waals surface area contributed by atoms with E-state index in [0.29, 0.717) is 11.6 Å². The fourth-order valence-corrected chi connectivity index (χ4v) is 3.14. The van der Waals surface area contributed by atoms with Gasteiger partial charge < -0.3 is 9.84 Å². The normalized spacial score (nSPS) is 15.8. The summed E-state index contributed by atoms with van der Waals surface area (Å²) in [5, 5.41) is 10.9. The zero-order valence-electron chi connectivity index (χ0n) is 14.6. The molecule has 24 heavy (non-hydrogen) atoms. The number of ether oxygens (including phenoxy) is 1. The second kappa shape index (κ2) is 6.52. The van der Waals surface area contributed by atoms with Crippen molar-refractivity contribution >= 4 is 0 Å². The van der Waals surface area contributed by atoms with E-state index in [4.69, 9.17) is 9.72 Å². The molecule has 1 aliphatic rings. The lowest BCUT2D eigenvalue weighted by molar-refractivity contribution is 0.118. The first-order valence-corrected chi connectivity index (χ1v) is 8.49. The summed E-state index contributed by atoms with van der Waals surface area (Å²) in [6, 6.07) is 6.25. The molecule has 1 aromatic heterocycles. The van der Waals surface area contributed by atoms with Crippen LogP contribution in [0.4, 0.5) is 4.39 Å². The van der Waals surface area contributed by atoms with E-state index in [-0.39, 0.29) is 23.6 Å². The summed E-state index contributed by atoms with van der Waals surface area (Å²) in [4.78, 5) is 4.80. The maximum absolute atomic E-state index is 13.4. The Hall–Kier alpha value is -1.94. The predicted molar refractivity (Wildman–Crippen MR) is 92.8 cm³/mol. The molecule has 0 saturated heterocycles. The molecule has 128 valence electrons. The molecule has 1 fully saturated rings. The van der Waals surface area contributed by atoms with Crippen LogP contribution in [-0.2, 0) is 4.74 Å². The van der Waals surface area contributed by atoms with Crippen molar-refractivity contribution in [3.8, 4) is 16.9 Å². The van der Waals surface area contributed by atoms with Crippen molar-refractivity contribution in [1.82, 2.24) is 4.98 Å². The van der Waals surface area contributed by atoms with E-state index in [9.17, 15) is 9.50 Å². The number of aromatic nitrogens is 1. The average molecular weight is 329 g/mol. The van der Waals surface area contributed by atoms with Gasteiger partial charge in [-0.25, -0.2) is 4.39 Å². The summed E-state index contributed by atoms with van der Waals surface area (Å²) in [6.07, 6.45) is 2.03. The van der Waals surface area contributed by atoms with E-state index >= 15 is 0 Å². The molecule has 1 aromatic carbocycles. The first kappa shape index (κ1) is 16.9. The lowest BCUT2D eigenvalue weighted by atomic mass is 9.90. The van der Waals surface area contributed by atoms with Crippen LogP contribution in [0.5, 0.6) is 5.75 Å². The van der Waals surface area contributed by atoms with Crippen LogP contribution in [0.3, 0.4) is 0 Å². The van der Waals surface area contributed by atoms with Crippen molar-refractivity contribution in [2.75, 3.05) is 7.11 Å². The molecule has 1 heterocycles. The van der Waals surface area contributed by atoms with Crippen molar-refractivity contribution in [3.63, 3.8) is 0 Å². The largest absolute Gasteiger partial charge is 0.505 e. The van der Waals surface area contributed by atoms with Gasteiger partial charge in [0.25, 0.3) is 0 Å². The van der Waals surface area contributed by atoms with Gasteiger partial charge >= 0.3 is 0 Å². The standard InChI is InChI=1S/C20H24FNO2/c1-11(2)18-20(23)17(13-7-9-15(21)10-8-13)16(12(3)24-4)19(22-18)14-5-6-14/h7-12,14,23H,5-6H2,1-4H3. The van der Waals surface area contributed by atoms with Gasteiger partial charge in [-0.05, 0) is 43.4 Å². The van der Waals surface area contributed by atoms with Gasteiger partial charge in [0.1, 0.15) is 11.6 Å².